The van der Waals surface area contributed by atoms with Gasteiger partial charge in [-0.1, -0.05) is 6.07 Å². The van der Waals surface area contributed by atoms with Crippen molar-refractivity contribution >= 4 is 37.8 Å². The van der Waals surface area contributed by atoms with Crippen molar-refractivity contribution in [1.82, 2.24) is 4.90 Å². The van der Waals surface area contributed by atoms with Crippen LogP contribution in [-0.2, 0) is 9.53 Å². The number of nitrogens with zero attached hydrogens (tertiary/aromatic N) is 1. The van der Waals surface area contributed by atoms with Crippen LogP contribution in [0.25, 0.3) is 0 Å². The Labute approximate surface area is 129 Å². The predicted molar refractivity (Wildman–Crippen MR) is 79.3 cm³/mol. The second-order valence-corrected chi connectivity index (χ2v) is 6.07. The van der Waals surface area contributed by atoms with Crippen molar-refractivity contribution in [3.8, 4) is 5.75 Å². The lowest BCUT2D eigenvalue weighted by atomic mass is 10.3. The van der Waals surface area contributed by atoms with E-state index in [1.54, 1.807) is 4.90 Å². The molecule has 1 heterocycles. The van der Waals surface area contributed by atoms with Crippen LogP contribution < -0.4 is 4.74 Å². The van der Waals surface area contributed by atoms with Crippen LogP contribution in [0.2, 0.25) is 0 Å². The third kappa shape index (κ3) is 3.94. The number of benzene rings is 1. The van der Waals surface area contributed by atoms with E-state index >= 15 is 0 Å². The van der Waals surface area contributed by atoms with Gasteiger partial charge in [0, 0.05) is 13.1 Å². The lowest BCUT2D eigenvalue weighted by molar-refractivity contribution is -0.140. The summed E-state index contributed by atoms with van der Waals surface area (Å²) in [5.41, 5.74) is 0. The molecule has 0 N–H and O–H groups in total. The summed E-state index contributed by atoms with van der Waals surface area (Å²) in [4.78, 5) is 13.8. The molecule has 1 aromatic carbocycles. The van der Waals surface area contributed by atoms with Crippen LogP contribution in [0.1, 0.15) is 6.92 Å². The maximum Gasteiger partial charge on any atom is 0.260 e. The monoisotopic (exact) mass is 391 g/mol. The third-order valence-electron chi connectivity index (χ3n) is 2.85. The molecular formula is C13H15Br2NO3. The fourth-order valence-electron chi connectivity index (χ4n) is 1.89. The highest BCUT2D eigenvalue weighted by Crippen LogP contribution is 2.32. The van der Waals surface area contributed by atoms with Crippen LogP contribution in [0.3, 0.4) is 0 Å². The first kappa shape index (κ1) is 14.8. The standard InChI is InChI=1S/C13H15Br2NO3/c1-9-7-16(5-6-18-9)12(17)8-19-13-10(14)3-2-4-11(13)15/h2-4,9H,5-8H2,1H3. The summed E-state index contributed by atoms with van der Waals surface area (Å²) in [5, 5.41) is 0. The molecule has 1 aliphatic rings. The lowest BCUT2D eigenvalue weighted by Crippen LogP contribution is -2.46. The molecule has 0 radical (unpaired) electrons. The molecular weight excluding hydrogens is 378 g/mol. The number of rotatable bonds is 3. The van der Waals surface area contributed by atoms with E-state index in [2.05, 4.69) is 31.9 Å². The Morgan fingerprint density at radius 1 is 1.47 bits per heavy atom. The zero-order valence-electron chi connectivity index (χ0n) is 10.6. The minimum atomic E-state index is -0.0159. The summed E-state index contributed by atoms with van der Waals surface area (Å²) in [7, 11) is 0. The molecule has 0 aliphatic carbocycles. The third-order valence-corrected chi connectivity index (χ3v) is 4.10. The molecule has 0 spiro atoms. The van der Waals surface area contributed by atoms with Gasteiger partial charge in [-0.25, -0.2) is 0 Å². The average Bonchev–Trinajstić information content (AvgIpc) is 2.38. The number of carbonyl (C=O) groups excluding carboxylic acids is 1. The molecule has 104 valence electrons. The molecule has 19 heavy (non-hydrogen) atoms. The molecule has 1 atom stereocenters. The van der Waals surface area contributed by atoms with E-state index in [0.717, 1.165) is 8.95 Å². The summed E-state index contributed by atoms with van der Waals surface area (Å²) >= 11 is 6.81. The Morgan fingerprint density at radius 3 is 2.79 bits per heavy atom. The minimum Gasteiger partial charge on any atom is -0.481 e. The quantitative estimate of drug-likeness (QED) is 0.793. The van der Waals surface area contributed by atoms with E-state index in [0.29, 0.717) is 25.4 Å². The van der Waals surface area contributed by atoms with Gasteiger partial charge in [-0.15, -0.1) is 0 Å². The molecule has 1 fully saturated rings. The first-order chi connectivity index (χ1) is 9.08. The van der Waals surface area contributed by atoms with E-state index < -0.39 is 0 Å². The largest absolute Gasteiger partial charge is 0.481 e. The van der Waals surface area contributed by atoms with Crippen molar-refractivity contribution in [3.05, 3.63) is 27.1 Å². The summed E-state index contributed by atoms with van der Waals surface area (Å²) in [6, 6.07) is 5.65. The molecule has 4 nitrogen and oxygen atoms in total. The number of carbonyl (C=O) groups is 1. The molecule has 1 saturated heterocycles. The summed E-state index contributed by atoms with van der Waals surface area (Å²) < 4.78 is 12.6. The van der Waals surface area contributed by atoms with Gasteiger partial charge in [-0.05, 0) is 50.9 Å². The highest BCUT2D eigenvalue weighted by molar-refractivity contribution is 9.11. The summed E-state index contributed by atoms with van der Waals surface area (Å²) in [6.45, 7) is 3.84. The van der Waals surface area contributed by atoms with E-state index in [1.807, 2.05) is 25.1 Å². The normalized spacial score (nSPS) is 19.3. The van der Waals surface area contributed by atoms with Crippen molar-refractivity contribution < 1.29 is 14.3 Å². The number of morpholine rings is 1. The zero-order valence-corrected chi connectivity index (χ0v) is 13.7. The molecule has 1 unspecified atom stereocenters. The number of amides is 1. The minimum absolute atomic E-state index is 0.0159. The number of para-hydroxylation sites is 1. The Kier molecular flexibility index (Phi) is 5.24. The molecule has 2 rings (SSSR count). The highest BCUT2D eigenvalue weighted by atomic mass is 79.9. The summed E-state index contributed by atoms with van der Waals surface area (Å²) in [5.74, 6) is 0.634. The van der Waals surface area contributed by atoms with E-state index in [9.17, 15) is 4.79 Å². The first-order valence-electron chi connectivity index (χ1n) is 6.04. The van der Waals surface area contributed by atoms with Crippen LogP contribution in [0, 0.1) is 0 Å². The fourth-order valence-corrected chi connectivity index (χ4v) is 3.12. The van der Waals surface area contributed by atoms with Gasteiger partial charge in [0.15, 0.2) is 6.61 Å². The van der Waals surface area contributed by atoms with Gasteiger partial charge < -0.3 is 14.4 Å². The molecule has 6 heteroatoms. The van der Waals surface area contributed by atoms with E-state index in [1.165, 1.54) is 0 Å². The van der Waals surface area contributed by atoms with Crippen molar-refractivity contribution in [2.24, 2.45) is 0 Å². The fraction of sp³-hybridized carbons (Fsp3) is 0.462. The molecule has 1 aliphatic heterocycles. The lowest BCUT2D eigenvalue weighted by Gasteiger charge is -2.31. The van der Waals surface area contributed by atoms with Crippen LogP contribution in [-0.4, -0.2) is 43.2 Å². The maximum atomic E-state index is 12.1. The average molecular weight is 393 g/mol. The van der Waals surface area contributed by atoms with E-state index in [4.69, 9.17) is 9.47 Å². The number of ether oxygens (including phenoxy) is 2. The smallest absolute Gasteiger partial charge is 0.260 e. The SMILES string of the molecule is CC1CN(C(=O)COc2c(Br)cccc2Br)CCO1. The molecule has 1 aromatic rings. The Morgan fingerprint density at radius 2 is 2.16 bits per heavy atom. The van der Waals surface area contributed by atoms with Crippen LogP contribution >= 0.6 is 31.9 Å². The predicted octanol–water partition coefficient (Wildman–Crippen LogP) is 2.84. The van der Waals surface area contributed by atoms with Crippen molar-refractivity contribution in [2.45, 2.75) is 13.0 Å². The van der Waals surface area contributed by atoms with Gasteiger partial charge in [-0.2, -0.15) is 0 Å². The number of halogens is 2. The van der Waals surface area contributed by atoms with Crippen molar-refractivity contribution in [1.29, 1.82) is 0 Å². The van der Waals surface area contributed by atoms with Crippen molar-refractivity contribution in [3.63, 3.8) is 0 Å². The molecule has 0 aromatic heterocycles. The van der Waals surface area contributed by atoms with Gasteiger partial charge in [0.05, 0.1) is 21.7 Å². The van der Waals surface area contributed by atoms with Gasteiger partial charge in [-0.3, -0.25) is 4.79 Å². The number of hydrogen-bond acceptors (Lipinski definition) is 3. The second kappa shape index (κ2) is 6.72. The van der Waals surface area contributed by atoms with Crippen LogP contribution in [0.5, 0.6) is 5.75 Å². The molecule has 0 saturated carbocycles. The van der Waals surface area contributed by atoms with Crippen LogP contribution in [0.4, 0.5) is 0 Å². The summed E-state index contributed by atoms with van der Waals surface area (Å²) in [6.07, 6.45) is 0.0906. The van der Waals surface area contributed by atoms with Crippen LogP contribution in [0.15, 0.2) is 27.1 Å². The topological polar surface area (TPSA) is 38.8 Å². The van der Waals surface area contributed by atoms with Gasteiger partial charge in [0.1, 0.15) is 5.75 Å². The second-order valence-electron chi connectivity index (χ2n) is 4.36. The van der Waals surface area contributed by atoms with Gasteiger partial charge >= 0.3 is 0 Å². The Bertz CT molecular complexity index is 447. The molecule has 1 amide bonds. The Hall–Kier alpha value is -0.590. The van der Waals surface area contributed by atoms with E-state index in [-0.39, 0.29) is 18.6 Å². The van der Waals surface area contributed by atoms with Gasteiger partial charge in [0.2, 0.25) is 0 Å². The van der Waals surface area contributed by atoms with Crippen molar-refractivity contribution in [2.75, 3.05) is 26.3 Å². The molecule has 0 bridgehead atoms. The zero-order chi connectivity index (χ0) is 13.8. The number of hydrogen-bond donors (Lipinski definition) is 0. The first-order valence-corrected chi connectivity index (χ1v) is 7.62. The highest BCUT2D eigenvalue weighted by Gasteiger charge is 2.22. The Balaban J connectivity index is 1.93. The van der Waals surface area contributed by atoms with Gasteiger partial charge in [0.25, 0.3) is 5.91 Å². The maximum absolute atomic E-state index is 12.1.